The number of furan rings is 1. The van der Waals surface area contributed by atoms with Crippen LogP contribution in [0.15, 0.2) is 29.1 Å². The molecule has 2 aromatic rings. The minimum atomic E-state index is -0.250. The summed E-state index contributed by atoms with van der Waals surface area (Å²) in [6.45, 7) is 0.411. The van der Waals surface area contributed by atoms with Crippen molar-refractivity contribution in [1.29, 1.82) is 0 Å². The summed E-state index contributed by atoms with van der Waals surface area (Å²) in [7, 11) is 0. The molecule has 1 amide bonds. The summed E-state index contributed by atoms with van der Waals surface area (Å²) in [5.41, 5.74) is 6.61. The molecule has 6 heteroatoms. The molecule has 0 saturated carbocycles. The van der Waals surface area contributed by atoms with Gasteiger partial charge in [-0.3, -0.25) is 9.89 Å². The Morgan fingerprint density at radius 2 is 2.53 bits per heavy atom. The van der Waals surface area contributed by atoms with Crippen molar-refractivity contribution in [3.05, 3.63) is 35.9 Å². The Labute approximate surface area is 85.5 Å². The van der Waals surface area contributed by atoms with Crippen LogP contribution in [0.4, 0.5) is 5.82 Å². The third kappa shape index (κ3) is 2.16. The SMILES string of the molecule is Nc1cc(C(=O)NCc2ccoc2)[nH]n1. The van der Waals surface area contributed by atoms with E-state index in [0.29, 0.717) is 18.1 Å². The molecule has 0 atom stereocenters. The molecule has 0 saturated heterocycles. The van der Waals surface area contributed by atoms with E-state index in [4.69, 9.17) is 10.2 Å². The third-order valence-electron chi connectivity index (χ3n) is 1.88. The van der Waals surface area contributed by atoms with Crippen LogP contribution in [0.1, 0.15) is 16.1 Å². The van der Waals surface area contributed by atoms with Crippen molar-refractivity contribution in [1.82, 2.24) is 15.5 Å². The Morgan fingerprint density at radius 1 is 1.67 bits per heavy atom. The molecule has 0 radical (unpaired) electrons. The van der Waals surface area contributed by atoms with Crippen LogP contribution in [0.5, 0.6) is 0 Å². The number of carbonyl (C=O) groups is 1. The van der Waals surface area contributed by atoms with Gasteiger partial charge in [-0.15, -0.1) is 0 Å². The van der Waals surface area contributed by atoms with Gasteiger partial charge in [0.2, 0.25) is 0 Å². The molecule has 78 valence electrons. The molecule has 0 unspecified atom stereocenters. The number of anilines is 1. The molecule has 0 aliphatic carbocycles. The van der Waals surface area contributed by atoms with Crippen LogP contribution >= 0.6 is 0 Å². The maximum absolute atomic E-state index is 11.5. The number of nitrogens with zero attached hydrogens (tertiary/aromatic N) is 1. The summed E-state index contributed by atoms with van der Waals surface area (Å²) in [5.74, 6) is 0.0452. The van der Waals surface area contributed by atoms with Crippen molar-refractivity contribution in [2.45, 2.75) is 6.54 Å². The second-order valence-electron chi connectivity index (χ2n) is 3.02. The first-order chi connectivity index (χ1) is 7.25. The molecule has 4 N–H and O–H groups in total. The highest BCUT2D eigenvalue weighted by atomic mass is 16.3. The Bertz CT molecular complexity index is 446. The van der Waals surface area contributed by atoms with Crippen molar-refractivity contribution in [3.8, 4) is 0 Å². The number of amides is 1. The molecule has 2 aromatic heterocycles. The quantitative estimate of drug-likeness (QED) is 0.681. The summed E-state index contributed by atoms with van der Waals surface area (Å²) < 4.78 is 4.87. The standard InChI is InChI=1S/C9H10N4O2/c10-8-3-7(12-13-8)9(14)11-4-6-1-2-15-5-6/h1-3,5H,4H2,(H,11,14)(H3,10,12,13). The number of nitrogens with one attached hydrogen (secondary N) is 2. The lowest BCUT2D eigenvalue weighted by atomic mass is 10.3. The summed E-state index contributed by atoms with van der Waals surface area (Å²) in [4.78, 5) is 11.5. The first-order valence-corrected chi connectivity index (χ1v) is 4.36. The fourth-order valence-corrected chi connectivity index (χ4v) is 1.12. The van der Waals surface area contributed by atoms with Crippen LogP contribution in [-0.4, -0.2) is 16.1 Å². The highest BCUT2D eigenvalue weighted by molar-refractivity contribution is 5.92. The lowest BCUT2D eigenvalue weighted by Gasteiger charge is -1.99. The first-order valence-electron chi connectivity index (χ1n) is 4.36. The summed E-state index contributed by atoms with van der Waals surface area (Å²) >= 11 is 0. The van der Waals surface area contributed by atoms with Crippen molar-refractivity contribution in [3.63, 3.8) is 0 Å². The van der Waals surface area contributed by atoms with E-state index < -0.39 is 0 Å². The Balaban J connectivity index is 1.93. The Morgan fingerprint density at radius 3 is 3.13 bits per heavy atom. The zero-order chi connectivity index (χ0) is 10.7. The van der Waals surface area contributed by atoms with Gasteiger partial charge in [-0.05, 0) is 6.07 Å². The molecule has 2 rings (SSSR count). The molecule has 2 heterocycles. The average molecular weight is 206 g/mol. The van der Waals surface area contributed by atoms with Gasteiger partial charge in [0.1, 0.15) is 11.5 Å². The molecular formula is C9H10N4O2. The summed E-state index contributed by atoms with van der Waals surface area (Å²) in [5, 5.41) is 8.87. The van der Waals surface area contributed by atoms with Gasteiger partial charge in [0.15, 0.2) is 0 Å². The molecule has 0 spiro atoms. The topological polar surface area (TPSA) is 96.9 Å². The number of nitrogen functional groups attached to an aromatic ring is 1. The van der Waals surface area contributed by atoms with Crippen molar-refractivity contribution >= 4 is 11.7 Å². The van der Waals surface area contributed by atoms with Gasteiger partial charge in [-0.25, -0.2) is 0 Å². The van der Waals surface area contributed by atoms with Crippen molar-refractivity contribution in [2.75, 3.05) is 5.73 Å². The molecule has 15 heavy (non-hydrogen) atoms. The zero-order valence-electron chi connectivity index (χ0n) is 7.86. The van der Waals surface area contributed by atoms with E-state index in [1.807, 2.05) is 0 Å². The maximum atomic E-state index is 11.5. The average Bonchev–Trinajstić information content (AvgIpc) is 2.84. The number of carbonyl (C=O) groups excluding carboxylic acids is 1. The fraction of sp³-hybridized carbons (Fsp3) is 0.111. The van der Waals surface area contributed by atoms with Gasteiger partial charge in [-0.1, -0.05) is 0 Å². The summed E-state index contributed by atoms with van der Waals surface area (Å²) in [6, 6.07) is 3.26. The first kappa shape index (κ1) is 9.32. The highest BCUT2D eigenvalue weighted by Crippen LogP contribution is 2.02. The van der Waals surface area contributed by atoms with Gasteiger partial charge in [0.05, 0.1) is 12.5 Å². The minimum absolute atomic E-state index is 0.250. The number of aromatic nitrogens is 2. The van der Waals surface area contributed by atoms with E-state index in [9.17, 15) is 4.79 Å². The number of nitrogens with two attached hydrogens (primary N) is 1. The Hall–Kier alpha value is -2.24. The predicted octanol–water partition coefficient (Wildman–Crippen LogP) is 0.515. The Kier molecular flexibility index (Phi) is 2.40. The van der Waals surface area contributed by atoms with Crippen LogP contribution in [-0.2, 0) is 6.54 Å². The van der Waals surface area contributed by atoms with E-state index in [0.717, 1.165) is 5.56 Å². The second kappa shape index (κ2) is 3.87. The van der Waals surface area contributed by atoms with E-state index in [-0.39, 0.29) is 5.91 Å². The smallest absolute Gasteiger partial charge is 0.269 e. The molecule has 0 bridgehead atoms. The van der Waals surface area contributed by atoms with E-state index in [1.54, 1.807) is 18.6 Å². The largest absolute Gasteiger partial charge is 0.472 e. The second-order valence-corrected chi connectivity index (χ2v) is 3.02. The number of rotatable bonds is 3. The molecular weight excluding hydrogens is 196 g/mol. The minimum Gasteiger partial charge on any atom is -0.472 e. The number of hydrogen-bond acceptors (Lipinski definition) is 4. The zero-order valence-corrected chi connectivity index (χ0v) is 7.86. The van der Waals surface area contributed by atoms with E-state index >= 15 is 0 Å². The van der Waals surface area contributed by atoms with Gasteiger partial charge in [0, 0.05) is 18.2 Å². The molecule has 0 fully saturated rings. The van der Waals surface area contributed by atoms with E-state index in [2.05, 4.69) is 15.5 Å². The van der Waals surface area contributed by atoms with Gasteiger partial charge < -0.3 is 15.5 Å². The van der Waals surface area contributed by atoms with Gasteiger partial charge in [0.25, 0.3) is 5.91 Å². The van der Waals surface area contributed by atoms with Crippen molar-refractivity contribution < 1.29 is 9.21 Å². The predicted molar refractivity (Wildman–Crippen MR) is 52.9 cm³/mol. The van der Waals surface area contributed by atoms with E-state index in [1.165, 1.54) is 6.07 Å². The van der Waals surface area contributed by atoms with Gasteiger partial charge in [-0.2, -0.15) is 5.10 Å². The lowest BCUT2D eigenvalue weighted by molar-refractivity contribution is 0.0946. The fourth-order valence-electron chi connectivity index (χ4n) is 1.12. The molecule has 6 nitrogen and oxygen atoms in total. The number of hydrogen-bond donors (Lipinski definition) is 3. The monoisotopic (exact) mass is 206 g/mol. The number of H-pyrrole nitrogens is 1. The van der Waals surface area contributed by atoms with Crippen LogP contribution in [0.3, 0.4) is 0 Å². The normalized spacial score (nSPS) is 10.1. The molecule has 0 aliphatic heterocycles. The van der Waals surface area contributed by atoms with Crippen LogP contribution in [0.2, 0.25) is 0 Å². The van der Waals surface area contributed by atoms with Gasteiger partial charge >= 0.3 is 0 Å². The highest BCUT2D eigenvalue weighted by Gasteiger charge is 2.07. The van der Waals surface area contributed by atoms with Crippen LogP contribution in [0, 0.1) is 0 Å². The maximum Gasteiger partial charge on any atom is 0.269 e. The van der Waals surface area contributed by atoms with Crippen molar-refractivity contribution in [2.24, 2.45) is 0 Å². The third-order valence-corrected chi connectivity index (χ3v) is 1.88. The molecule has 0 aliphatic rings. The lowest BCUT2D eigenvalue weighted by Crippen LogP contribution is -2.22. The molecule has 0 aromatic carbocycles. The summed E-state index contributed by atoms with van der Waals surface area (Å²) in [6.07, 6.45) is 3.12. The van der Waals surface area contributed by atoms with Crippen LogP contribution < -0.4 is 11.1 Å². The number of aromatic amines is 1. The van der Waals surface area contributed by atoms with Crippen LogP contribution in [0.25, 0.3) is 0 Å².